The monoisotopic (exact) mass is 263 g/mol. The number of aliphatic hydroxyl groups is 1. The predicted octanol–water partition coefficient (Wildman–Crippen LogP) is 1.61. The Morgan fingerprint density at radius 2 is 2.33 bits per heavy atom. The van der Waals surface area contributed by atoms with Crippen LogP contribution in [-0.4, -0.2) is 30.3 Å². The zero-order valence-corrected chi connectivity index (χ0v) is 10.7. The Labute approximate surface area is 108 Å². The van der Waals surface area contributed by atoms with E-state index >= 15 is 0 Å². The Morgan fingerprint density at radius 1 is 1.50 bits per heavy atom. The van der Waals surface area contributed by atoms with Gasteiger partial charge in [-0.25, -0.2) is 9.67 Å². The van der Waals surface area contributed by atoms with E-state index in [2.05, 4.69) is 20.5 Å². The van der Waals surface area contributed by atoms with E-state index in [9.17, 15) is 5.11 Å². The summed E-state index contributed by atoms with van der Waals surface area (Å²) in [6, 6.07) is 4.11. The molecular weight excluding hydrogens is 250 g/mol. The number of aromatic nitrogens is 5. The van der Waals surface area contributed by atoms with Gasteiger partial charge in [-0.3, -0.25) is 0 Å². The second kappa shape index (κ2) is 4.66. The lowest BCUT2D eigenvalue weighted by Gasteiger charge is -2.09. The van der Waals surface area contributed by atoms with Crippen molar-refractivity contribution in [2.75, 3.05) is 0 Å². The van der Waals surface area contributed by atoms with Crippen molar-refractivity contribution in [1.82, 2.24) is 25.2 Å². The summed E-state index contributed by atoms with van der Waals surface area (Å²) in [5.74, 6) is 0. The quantitative estimate of drug-likeness (QED) is 0.903. The van der Waals surface area contributed by atoms with Crippen LogP contribution in [0.5, 0.6) is 0 Å². The van der Waals surface area contributed by atoms with Crippen LogP contribution in [0.15, 0.2) is 28.5 Å². The van der Waals surface area contributed by atoms with Gasteiger partial charge in [0.05, 0.1) is 12.1 Å². The molecule has 0 amide bonds. The summed E-state index contributed by atoms with van der Waals surface area (Å²) in [6.07, 6.45) is 3.42. The van der Waals surface area contributed by atoms with Gasteiger partial charge in [0, 0.05) is 11.8 Å². The molecule has 0 saturated heterocycles. The van der Waals surface area contributed by atoms with Gasteiger partial charge in [-0.15, -0.1) is 5.10 Å². The van der Waals surface area contributed by atoms with E-state index in [1.165, 1.54) is 11.8 Å². The van der Waals surface area contributed by atoms with E-state index in [-0.39, 0.29) is 0 Å². The molecule has 2 heterocycles. The first-order chi connectivity index (χ1) is 8.75. The van der Waals surface area contributed by atoms with Crippen LogP contribution in [0.25, 0.3) is 0 Å². The molecule has 0 bridgehead atoms. The van der Waals surface area contributed by atoms with Crippen LogP contribution in [0.3, 0.4) is 0 Å². The number of rotatable bonds is 4. The third kappa shape index (κ3) is 2.23. The molecule has 1 fully saturated rings. The molecule has 2 aromatic heterocycles. The molecule has 94 valence electrons. The number of tetrazole rings is 1. The molecule has 1 atom stereocenters. The lowest BCUT2D eigenvalue weighted by atomic mass is 10.2. The molecule has 7 heteroatoms. The lowest BCUT2D eigenvalue weighted by molar-refractivity contribution is 0.195. The fraction of sp³-hybridized carbons (Fsp3) is 0.455. The van der Waals surface area contributed by atoms with Crippen LogP contribution in [0, 0.1) is 0 Å². The van der Waals surface area contributed by atoms with Gasteiger partial charge in [-0.05, 0) is 48.0 Å². The van der Waals surface area contributed by atoms with Gasteiger partial charge < -0.3 is 5.11 Å². The van der Waals surface area contributed by atoms with Crippen LogP contribution in [0.2, 0.25) is 0 Å². The Bertz CT molecular complexity index is 552. The van der Waals surface area contributed by atoms with Crippen LogP contribution in [0.4, 0.5) is 0 Å². The van der Waals surface area contributed by atoms with E-state index in [1.54, 1.807) is 13.1 Å². The van der Waals surface area contributed by atoms with Crippen LogP contribution < -0.4 is 0 Å². The van der Waals surface area contributed by atoms with Crippen molar-refractivity contribution < 1.29 is 5.11 Å². The molecule has 0 unspecified atom stereocenters. The van der Waals surface area contributed by atoms with Gasteiger partial charge in [0.25, 0.3) is 0 Å². The van der Waals surface area contributed by atoms with Crippen molar-refractivity contribution in [2.24, 2.45) is 0 Å². The van der Waals surface area contributed by atoms with Crippen molar-refractivity contribution in [3.63, 3.8) is 0 Å². The lowest BCUT2D eigenvalue weighted by Crippen LogP contribution is -2.01. The van der Waals surface area contributed by atoms with Crippen LogP contribution >= 0.6 is 11.8 Å². The van der Waals surface area contributed by atoms with Gasteiger partial charge >= 0.3 is 0 Å². The van der Waals surface area contributed by atoms with E-state index in [1.807, 2.05) is 16.8 Å². The number of pyridine rings is 1. The predicted molar refractivity (Wildman–Crippen MR) is 65.1 cm³/mol. The number of nitrogens with zero attached hydrogens (tertiary/aromatic N) is 5. The van der Waals surface area contributed by atoms with Gasteiger partial charge in [-0.1, -0.05) is 6.07 Å². The summed E-state index contributed by atoms with van der Waals surface area (Å²) in [5, 5.41) is 22.9. The first-order valence-corrected chi connectivity index (χ1v) is 6.66. The molecule has 1 aliphatic carbocycles. The first kappa shape index (κ1) is 11.6. The topological polar surface area (TPSA) is 76.7 Å². The molecule has 0 radical (unpaired) electrons. The number of hydrogen-bond donors (Lipinski definition) is 1. The zero-order chi connectivity index (χ0) is 12.5. The summed E-state index contributed by atoms with van der Waals surface area (Å²) >= 11 is 1.40. The Kier molecular flexibility index (Phi) is 3.00. The van der Waals surface area contributed by atoms with Gasteiger partial charge in [0.15, 0.2) is 0 Å². The van der Waals surface area contributed by atoms with Crippen molar-refractivity contribution in [1.29, 1.82) is 0 Å². The Morgan fingerprint density at radius 3 is 3.06 bits per heavy atom. The first-order valence-electron chi connectivity index (χ1n) is 5.84. The molecule has 1 saturated carbocycles. The molecule has 1 aliphatic rings. The SMILES string of the molecule is C[C@@H](O)c1cccnc1Sc1nnnn1C1CC1. The van der Waals surface area contributed by atoms with E-state index < -0.39 is 6.10 Å². The highest BCUT2D eigenvalue weighted by molar-refractivity contribution is 7.99. The van der Waals surface area contributed by atoms with Crippen LogP contribution in [0.1, 0.15) is 37.5 Å². The second-order valence-electron chi connectivity index (χ2n) is 4.31. The van der Waals surface area contributed by atoms with E-state index in [4.69, 9.17) is 0 Å². The summed E-state index contributed by atoms with van der Waals surface area (Å²) < 4.78 is 1.84. The Balaban J connectivity index is 1.89. The van der Waals surface area contributed by atoms with Gasteiger partial charge in [0.2, 0.25) is 5.16 Å². The standard InChI is InChI=1S/C11H13N5OS/c1-7(17)9-3-2-6-12-10(9)18-11-13-14-15-16(11)8-4-5-8/h2-3,6-8,17H,4-5H2,1H3/t7-/m1/s1. The normalized spacial score (nSPS) is 16.8. The van der Waals surface area contributed by atoms with E-state index in [0.717, 1.165) is 28.6 Å². The molecule has 0 spiro atoms. The zero-order valence-electron chi connectivity index (χ0n) is 9.89. The van der Waals surface area contributed by atoms with Crippen LogP contribution in [-0.2, 0) is 0 Å². The molecule has 3 rings (SSSR count). The average Bonchev–Trinajstić information content (AvgIpc) is 3.11. The molecule has 6 nitrogen and oxygen atoms in total. The minimum Gasteiger partial charge on any atom is -0.389 e. The molecule has 2 aromatic rings. The number of aliphatic hydroxyl groups excluding tert-OH is 1. The molecule has 0 aliphatic heterocycles. The smallest absolute Gasteiger partial charge is 0.215 e. The highest BCUT2D eigenvalue weighted by atomic mass is 32.2. The molecule has 1 N–H and O–H groups in total. The molecule has 0 aromatic carbocycles. The van der Waals surface area contributed by atoms with Gasteiger partial charge in [-0.2, -0.15) is 0 Å². The highest BCUT2D eigenvalue weighted by Gasteiger charge is 2.28. The summed E-state index contributed by atoms with van der Waals surface area (Å²) in [7, 11) is 0. The average molecular weight is 263 g/mol. The minimum absolute atomic E-state index is 0.432. The molecule has 18 heavy (non-hydrogen) atoms. The fourth-order valence-electron chi connectivity index (χ4n) is 1.69. The maximum atomic E-state index is 9.71. The van der Waals surface area contributed by atoms with E-state index in [0.29, 0.717) is 6.04 Å². The van der Waals surface area contributed by atoms with Crippen molar-refractivity contribution in [2.45, 2.75) is 42.1 Å². The largest absolute Gasteiger partial charge is 0.389 e. The fourth-order valence-corrected chi connectivity index (χ4v) is 2.69. The minimum atomic E-state index is -0.550. The summed E-state index contributed by atoms with van der Waals surface area (Å²) in [6.45, 7) is 1.73. The summed E-state index contributed by atoms with van der Waals surface area (Å²) in [5.41, 5.74) is 0.799. The van der Waals surface area contributed by atoms with Gasteiger partial charge in [0.1, 0.15) is 5.03 Å². The van der Waals surface area contributed by atoms with Crippen molar-refractivity contribution >= 4 is 11.8 Å². The third-order valence-electron chi connectivity index (χ3n) is 2.79. The van der Waals surface area contributed by atoms with Crippen molar-refractivity contribution in [3.8, 4) is 0 Å². The molecular formula is C11H13N5OS. The Hall–Kier alpha value is -1.47. The highest BCUT2D eigenvalue weighted by Crippen LogP contribution is 2.38. The number of hydrogen-bond acceptors (Lipinski definition) is 6. The van der Waals surface area contributed by atoms with Crippen molar-refractivity contribution in [3.05, 3.63) is 23.9 Å². The maximum absolute atomic E-state index is 9.71. The second-order valence-corrected chi connectivity index (χ2v) is 5.27. The summed E-state index contributed by atoms with van der Waals surface area (Å²) in [4.78, 5) is 4.29. The third-order valence-corrected chi connectivity index (χ3v) is 3.78. The maximum Gasteiger partial charge on any atom is 0.215 e.